The monoisotopic (exact) mass is 290 g/mol. The van der Waals surface area contributed by atoms with Crippen LogP contribution in [0, 0.1) is 18.8 Å². The van der Waals surface area contributed by atoms with Gasteiger partial charge in [0.25, 0.3) is 0 Å². The molecule has 0 aliphatic rings. The van der Waals surface area contributed by atoms with Crippen molar-refractivity contribution in [2.75, 3.05) is 18.0 Å². The highest BCUT2D eigenvalue weighted by molar-refractivity contribution is 5.55. The molecular formula is C19H34N2. The van der Waals surface area contributed by atoms with Crippen LogP contribution in [-0.4, -0.2) is 19.1 Å². The van der Waals surface area contributed by atoms with Gasteiger partial charge in [0, 0.05) is 24.8 Å². The molecule has 0 saturated heterocycles. The third-order valence-electron chi connectivity index (χ3n) is 3.60. The maximum Gasteiger partial charge on any atom is 0.0414 e. The Morgan fingerprint density at radius 3 is 2.19 bits per heavy atom. The summed E-state index contributed by atoms with van der Waals surface area (Å²) >= 11 is 0. The number of benzene rings is 1. The van der Waals surface area contributed by atoms with Gasteiger partial charge in [-0.3, -0.25) is 0 Å². The van der Waals surface area contributed by atoms with Crippen LogP contribution in [0.4, 0.5) is 5.69 Å². The van der Waals surface area contributed by atoms with E-state index in [2.05, 4.69) is 76.9 Å². The average molecular weight is 290 g/mol. The van der Waals surface area contributed by atoms with Crippen molar-refractivity contribution >= 4 is 5.69 Å². The highest BCUT2D eigenvalue weighted by Gasteiger charge is 2.15. The largest absolute Gasteiger partial charge is 0.369 e. The minimum absolute atomic E-state index is 0.527. The SMILES string of the molecule is Cc1ccc(N(CC(C)C)C(C)C)c(CNCC(C)C)c1. The third-order valence-corrected chi connectivity index (χ3v) is 3.60. The number of rotatable bonds is 8. The van der Waals surface area contributed by atoms with E-state index in [0.717, 1.165) is 19.6 Å². The van der Waals surface area contributed by atoms with Gasteiger partial charge in [-0.1, -0.05) is 45.4 Å². The molecule has 1 N–H and O–H groups in total. The van der Waals surface area contributed by atoms with E-state index >= 15 is 0 Å². The maximum atomic E-state index is 3.59. The van der Waals surface area contributed by atoms with Gasteiger partial charge in [0.1, 0.15) is 0 Å². The van der Waals surface area contributed by atoms with E-state index in [1.807, 2.05) is 0 Å². The molecule has 0 spiro atoms. The van der Waals surface area contributed by atoms with E-state index in [0.29, 0.717) is 17.9 Å². The molecule has 0 atom stereocenters. The second-order valence-corrected chi connectivity index (χ2v) is 7.30. The van der Waals surface area contributed by atoms with Crippen LogP contribution in [-0.2, 0) is 6.54 Å². The van der Waals surface area contributed by atoms with Crippen molar-refractivity contribution in [3.63, 3.8) is 0 Å². The van der Waals surface area contributed by atoms with Crippen molar-refractivity contribution in [2.45, 2.75) is 61.1 Å². The molecule has 0 aliphatic heterocycles. The van der Waals surface area contributed by atoms with E-state index < -0.39 is 0 Å². The number of nitrogens with zero attached hydrogens (tertiary/aromatic N) is 1. The minimum Gasteiger partial charge on any atom is -0.369 e. The van der Waals surface area contributed by atoms with Crippen LogP contribution >= 0.6 is 0 Å². The van der Waals surface area contributed by atoms with Crippen molar-refractivity contribution < 1.29 is 0 Å². The van der Waals surface area contributed by atoms with Gasteiger partial charge < -0.3 is 10.2 Å². The lowest BCUT2D eigenvalue weighted by molar-refractivity contribution is 0.545. The minimum atomic E-state index is 0.527. The first-order valence-corrected chi connectivity index (χ1v) is 8.38. The van der Waals surface area contributed by atoms with Gasteiger partial charge in [0.05, 0.1) is 0 Å². The second kappa shape index (κ2) is 8.43. The first-order valence-electron chi connectivity index (χ1n) is 8.38. The summed E-state index contributed by atoms with van der Waals surface area (Å²) in [7, 11) is 0. The topological polar surface area (TPSA) is 15.3 Å². The van der Waals surface area contributed by atoms with E-state index in [1.54, 1.807) is 0 Å². The Balaban J connectivity index is 2.97. The van der Waals surface area contributed by atoms with Gasteiger partial charge in [-0.25, -0.2) is 0 Å². The van der Waals surface area contributed by atoms with Crippen LogP contribution in [0.2, 0.25) is 0 Å². The Hall–Kier alpha value is -1.02. The Labute approximate surface area is 131 Å². The van der Waals surface area contributed by atoms with Gasteiger partial charge in [-0.2, -0.15) is 0 Å². The normalized spacial score (nSPS) is 11.7. The summed E-state index contributed by atoms with van der Waals surface area (Å²) in [5, 5.41) is 3.59. The average Bonchev–Trinajstić information content (AvgIpc) is 2.35. The van der Waals surface area contributed by atoms with Crippen LogP contribution in [0.5, 0.6) is 0 Å². The Morgan fingerprint density at radius 1 is 1.00 bits per heavy atom. The van der Waals surface area contributed by atoms with E-state index in [1.165, 1.54) is 16.8 Å². The fourth-order valence-corrected chi connectivity index (χ4v) is 2.61. The fraction of sp³-hybridized carbons (Fsp3) is 0.684. The van der Waals surface area contributed by atoms with Crippen molar-refractivity contribution in [3.8, 4) is 0 Å². The molecule has 0 unspecified atom stereocenters. The fourth-order valence-electron chi connectivity index (χ4n) is 2.61. The molecule has 0 heterocycles. The molecule has 1 aromatic rings. The van der Waals surface area contributed by atoms with Crippen LogP contribution in [0.15, 0.2) is 18.2 Å². The van der Waals surface area contributed by atoms with Crippen molar-refractivity contribution in [1.82, 2.24) is 5.32 Å². The van der Waals surface area contributed by atoms with E-state index in [4.69, 9.17) is 0 Å². The second-order valence-electron chi connectivity index (χ2n) is 7.30. The third kappa shape index (κ3) is 6.09. The quantitative estimate of drug-likeness (QED) is 0.752. The zero-order chi connectivity index (χ0) is 16.0. The number of anilines is 1. The molecule has 0 amide bonds. The lowest BCUT2D eigenvalue weighted by Crippen LogP contribution is -2.35. The van der Waals surface area contributed by atoms with Gasteiger partial charge in [-0.05, 0) is 50.8 Å². The van der Waals surface area contributed by atoms with E-state index in [9.17, 15) is 0 Å². The summed E-state index contributed by atoms with van der Waals surface area (Å²) < 4.78 is 0. The highest BCUT2D eigenvalue weighted by atomic mass is 15.2. The first-order chi connectivity index (χ1) is 9.81. The van der Waals surface area contributed by atoms with E-state index in [-0.39, 0.29) is 0 Å². The van der Waals surface area contributed by atoms with Gasteiger partial charge in [0.15, 0.2) is 0 Å². The standard InChI is InChI=1S/C19H34N2/c1-14(2)11-20-12-18-10-17(7)8-9-19(18)21(16(5)6)13-15(3)4/h8-10,14-16,20H,11-13H2,1-7H3. The molecule has 0 radical (unpaired) electrons. The molecule has 0 saturated carbocycles. The zero-order valence-corrected chi connectivity index (χ0v) is 15.0. The predicted molar refractivity (Wildman–Crippen MR) is 95.0 cm³/mol. The predicted octanol–water partition coefficient (Wildman–Crippen LogP) is 4.61. The van der Waals surface area contributed by atoms with Gasteiger partial charge in [-0.15, -0.1) is 0 Å². The number of hydrogen-bond donors (Lipinski definition) is 1. The van der Waals surface area contributed by atoms with Crippen molar-refractivity contribution in [1.29, 1.82) is 0 Å². The van der Waals surface area contributed by atoms with Crippen LogP contribution in [0.3, 0.4) is 0 Å². The summed E-state index contributed by atoms with van der Waals surface area (Å²) in [6.45, 7) is 19.0. The Kier molecular flexibility index (Phi) is 7.24. The number of aryl methyl sites for hydroxylation is 1. The number of hydrogen-bond acceptors (Lipinski definition) is 2. The summed E-state index contributed by atoms with van der Waals surface area (Å²) in [5.41, 5.74) is 4.15. The van der Waals surface area contributed by atoms with Gasteiger partial charge >= 0.3 is 0 Å². The Bertz CT molecular complexity index is 422. The lowest BCUT2D eigenvalue weighted by atomic mass is 10.0. The zero-order valence-electron chi connectivity index (χ0n) is 15.0. The van der Waals surface area contributed by atoms with Crippen LogP contribution < -0.4 is 10.2 Å². The molecule has 0 aromatic heterocycles. The van der Waals surface area contributed by atoms with Crippen LogP contribution in [0.1, 0.15) is 52.7 Å². The van der Waals surface area contributed by atoms with Crippen LogP contribution in [0.25, 0.3) is 0 Å². The van der Waals surface area contributed by atoms with Crippen molar-refractivity contribution in [2.24, 2.45) is 11.8 Å². The molecule has 1 rings (SSSR count). The first kappa shape index (κ1) is 18.0. The summed E-state index contributed by atoms with van der Waals surface area (Å²) in [6, 6.07) is 7.39. The molecular weight excluding hydrogens is 256 g/mol. The van der Waals surface area contributed by atoms with Crippen molar-refractivity contribution in [3.05, 3.63) is 29.3 Å². The summed E-state index contributed by atoms with van der Waals surface area (Å²) in [5.74, 6) is 1.36. The number of nitrogens with one attached hydrogen (secondary N) is 1. The smallest absolute Gasteiger partial charge is 0.0414 e. The molecule has 1 aromatic carbocycles. The molecule has 2 nitrogen and oxygen atoms in total. The Morgan fingerprint density at radius 2 is 1.67 bits per heavy atom. The lowest BCUT2D eigenvalue weighted by Gasteiger charge is -2.33. The molecule has 120 valence electrons. The summed E-state index contributed by atoms with van der Waals surface area (Å²) in [4.78, 5) is 2.54. The highest BCUT2D eigenvalue weighted by Crippen LogP contribution is 2.25. The summed E-state index contributed by atoms with van der Waals surface area (Å²) in [6.07, 6.45) is 0. The molecule has 0 bridgehead atoms. The molecule has 21 heavy (non-hydrogen) atoms. The molecule has 0 fully saturated rings. The molecule has 0 aliphatic carbocycles. The molecule has 2 heteroatoms. The maximum absolute atomic E-state index is 3.59. The van der Waals surface area contributed by atoms with Gasteiger partial charge in [0.2, 0.25) is 0 Å².